The van der Waals surface area contributed by atoms with E-state index in [0.29, 0.717) is 37.0 Å². The number of aryl methyl sites for hydroxylation is 2. The van der Waals surface area contributed by atoms with Gasteiger partial charge in [0.1, 0.15) is 10.5 Å². The number of amides is 2. The van der Waals surface area contributed by atoms with Crippen molar-refractivity contribution < 1.29 is 31.6 Å². The SMILES string of the molecule is COCC1CN(c2cc(C)c3c4c(c(=O)oc3c2C)CN(C(=O)c2ccc(C(N)=O)c(S(=O)(=O)N(C)C3CCCC3)c2F)CC4)CCN1C. The van der Waals surface area contributed by atoms with Gasteiger partial charge in [-0.3, -0.25) is 14.5 Å². The van der Waals surface area contributed by atoms with E-state index in [0.717, 1.165) is 76.7 Å². The van der Waals surface area contributed by atoms with Crippen molar-refractivity contribution >= 4 is 38.5 Å². The van der Waals surface area contributed by atoms with E-state index < -0.39 is 49.3 Å². The first kappa shape index (κ1) is 35.0. The first-order valence-electron chi connectivity index (χ1n) is 16.7. The third-order valence-corrected chi connectivity index (χ3v) is 12.6. The Morgan fingerprint density at radius 2 is 1.80 bits per heavy atom. The minimum absolute atomic E-state index is 0.148. The number of primary amides is 1. The standard InChI is InChI=1S/C35H44FN5O7S/c1-20-16-28(40-15-14-38(3)23(17-40)19-47-5)21(2)31-29(20)24-12-13-41(18-27(24)35(44)48-31)34(43)25-10-11-26(33(37)42)32(30(25)36)49(45,46)39(4)22-8-6-7-9-22/h10-11,16,22-23H,6-9,12-15,17-19H2,1-5H3,(H2,37,42). The number of rotatable bonds is 8. The number of anilines is 1. The van der Waals surface area contributed by atoms with E-state index in [4.69, 9.17) is 14.9 Å². The number of benzene rings is 2. The minimum Gasteiger partial charge on any atom is -0.422 e. The summed E-state index contributed by atoms with van der Waals surface area (Å²) in [6, 6.07) is 4.14. The van der Waals surface area contributed by atoms with E-state index in [1.807, 2.05) is 13.8 Å². The van der Waals surface area contributed by atoms with E-state index in [1.54, 1.807) is 7.11 Å². The van der Waals surface area contributed by atoms with Crippen LogP contribution in [0.3, 0.4) is 0 Å². The molecule has 3 aliphatic rings. The number of methoxy groups -OCH3 is 1. The highest BCUT2D eigenvalue weighted by atomic mass is 32.2. The molecule has 1 saturated heterocycles. The number of hydrogen-bond acceptors (Lipinski definition) is 9. The number of piperazine rings is 1. The molecule has 264 valence electrons. The second-order valence-electron chi connectivity index (χ2n) is 13.5. The Balaban J connectivity index is 1.34. The fourth-order valence-electron chi connectivity index (χ4n) is 7.74. The second kappa shape index (κ2) is 13.5. The van der Waals surface area contributed by atoms with E-state index in [-0.39, 0.29) is 25.2 Å². The van der Waals surface area contributed by atoms with E-state index in [1.165, 1.54) is 11.9 Å². The van der Waals surface area contributed by atoms with Crippen LogP contribution in [0.2, 0.25) is 0 Å². The summed E-state index contributed by atoms with van der Waals surface area (Å²) >= 11 is 0. The van der Waals surface area contributed by atoms with Gasteiger partial charge >= 0.3 is 5.63 Å². The molecule has 0 bridgehead atoms. The fraction of sp³-hybridized carbons (Fsp3) is 0.514. The largest absolute Gasteiger partial charge is 0.422 e. The first-order chi connectivity index (χ1) is 23.3. The van der Waals surface area contributed by atoms with Crippen molar-refractivity contribution in [3.05, 3.63) is 67.8 Å². The Morgan fingerprint density at radius 1 is 1.10 bits per heavy atom. The molecule has 3 aromatic rings. The Morgan fingerprint density at radius 3 is 2.47 bits per heavy atom. The molecule has 3 heterocycles. The number of hydrogen-bond donors (Lipinski definition) is 1. The van der Waals surface area contributed by atoms with Crippen molar-refractivity contribution in [3.8, 4) is 0 Å². The number of likely N-dealkylation sites (N-methyl/N-ethyl adjacent to an activating group) is 1. The van der Waals surface area contributed by atoms with Crippen molar-refractivity contribution in [1.29, 1.82) is 0 Å². The molecule has 49 heavy (non-hydrogen) atoms. The maximum atomic E-state index is 16.2. The van der Waals surface area contributed by atoms with Gasteiger partial charge in [0, 0.05) is 63.0 Å². The van der Waals surface area contributed by atoms with Crippen LogP contribution in [0, 0.1) is 19.7 Å². The zero-order valence-electron chi connectivity index (χ0n) is 28.7. The van der Waals surface area contributed by atoms with Crippen LogP contribution in [0.25, 0.3) is 11.0 Å². The number of halogens is 1. The number of sulfonamides is 1. The fourth-order valence-corrected chi connectivity index (χ4v) is 9.41. The van der Waals surface area contributed by atoms with Gasteiger partial charge in [0.25, 0.3) is 5.91 Å². The third kappa shape index (κ3) is 6.13. The summed E-state index contributed by atoms with van der Waals surface area (Å²) in [6.07, 6.45) is 3.19. The van der Waals surface area contributed by atoms with Crippen molar-refractivity contribution in [2.24, 2.45) is 5.73 Å². The van der Waals surface area contributed by atoms with E-state index >= 15 is 4.39 Å². The molecule has 2 amide bonds. The van der Waals surface area contributed by atoms with Gasteiger partial charge in [-0.25, -0.2) is 17.6 Å². The molecule has 2 fully saturated rings. The normalized spacial score (nSPS) is 19.2. The summed E-state index contributed by atoms with van der Waals surface area (Å²) in [5.41, 5.74) is 8.23. The van der Waals surface area contributed by atoms with Gasteiger partial charge in [0.05, 0.1) is 35.9 Å². The van der Waals surface area contributed by atoms with Gasteiger partial charge in [-0.15, -0.1) is 0 Å². The lowest BCUT2D eigenvalue weighted by atomic mass is 9.92. The number of ether oxygens (including phenoxy) is 1. The van der Waals surface area contributed by atoms with Crippen molar-refractivity contribution in [2.45, 2.75) is 69.5 Å². The molecule has 12 nitrogen and oxygen atoms in total. The smallest absolute Gasteiger partial charge is 0.341 e. The van der Waals surface area contributed by atoms with Gasteiger partial charge in [-0.2, -0.15) is 4.31 Å². The summed E-state index contributed by atoms with van der Waals surface area (Å²) in [7, 11) is 0.614. The molecule has 1 aliphatic carbocycles. The molecular formula is C35H44FN5O7S. The molecule has 1 atom stereocenters. The maximum absolute atomic E-state index is 16.2. The van der Waals surface area contributed by atoms with E-state index in [2.05, 4.69) is 22.9 Å². The highest BCUT2D eigenvalue weighted by molar-refractivity contribution is 7.89. The predicted octanol–water partition coefficient (Wildman–Crippen LogP) is 3.18. The molecule has 6 rings (SSSR count). The van der Waals surface area contributed by atoms with Crippen molar-refractivity contribution in [3.63, 3.8) is 0 Å². The molecular weight excluding hydrogens is 653 g/mol. The quantitative estimate of drug-likeness (QED) is 0.351. The molecule has 14 heteroatoms. The summed E-state index contributed by atoms with van der Waals surface area (Å²) in [5, 5.41) is 0.825. The van der Waals surface area contributed by atoms with Crippen LogP contribution in [0.15, 0.2) is 32.3 Å². The molecule has 1 unspecified atom stereocenters. The monoisotopic (exact) mass is 697 g/mol. The number of nitrogens with zero attached hydrogens (tertiary/aromatic N) is 4. The zero-order valence-corrected chi connectivity index (χ0v) is 29.5. The Labute approximate surface area is 285 Å². The van der Waals surface area contributed by atoms with Crippen molar-refractivity contribution in [1.82, 2.24) is 14.1 Å². The Kier molecular flexibility index (Phi) is 9.61. The lowest BCUT2D eigenvalue weighted by Gasteiger charge is -2.41. The van der Waals surface area contributed by atoms with E-state index in [9.17, 15) is 22.8 Å². The summed E-state index contributed by atoms with van der Waals surface area (Å²) in [6.45, 7) is 6.97. The molecule has 2 aromatic carbocycles. The second-order valence-corrected chi connectivity index (χ2v) is 15.5. The molecule has 2 aliphatic heterocycles. The molecule has 0 spiro atoms. The number of carbonyl (C=O) groups excluding carboxylic acids is 2. The van der Waals surface area contributed by atoms with Gasteiger partial charge < -0.3 is 24.7 Å². The highest BCUT2D eigenvalue weighted by Crippen LogP contribution is 2.37. The zero-order chi connectivity index (χ0) is 35.4. The van der Waals surface area contributed by atoms with Gasteiger partial charge in [0.2, 0.25) is 15.9 Å². The van der Waals surface area contributed by atoms with Crippen LogP contribution < -0.4 is 16.3 Å². The van der Waals surface area contributed by atoms with Crippen LogP contribution in [-0.4, -0.2) is 100 Å². The Hall–Kier alpha value is -3.85. The first-order valence-corrected chi connectivity index (χ1v) is 18.1. The lowest BCUT2D eigenvalue weighted by Crippen LogP contribution is -2.53. The predicted molar refractivity (Wildman–Crippen MR) is 183 cm³/mol. The Bertz CT molecular complexity index is 1990. The van der Waals surface area contributed by atoms with Crippen LogP contribution in [0.4, 0.5) is 10.1 Å². The topological polar surface area (TPSA) is 147 Å². The molecule has 1 saturated carbocycles. The average molecular weight is 698 g/mol. The molecule has 2 N–H and O–H groups in total. The number of fused-ring (bicyclic) bond motifs is 3. The number of carbonyl (C=O) groups is 2. The van der Waals surface area contributed by atoms with Gasteiger partial charge in [-0.05, 0) is 69.5 Å². The van der Waals surface area contributed by atoms with Gasteiger partial charge in [0.15, 0.2) is 5.82 Å². The summed E-state index contributed by atoms with van der Waals surface area (Å²) < 4.78 is 56.1. The lowest BCUT2D eigenvalue weighted by molar-refractivity contribution is 0.0726. The average Bonchev–Trinajstić information content (AvgIpc) is 3.61. The summed E-state index contributed by atoms with van der Waals surface area (Å²) in [5.74, 6) is -3.26. The van der Waals surface area contributed by atoms with Crippen LogP contribution in [0.5, 0.6) is 0 Å². The highest BCUT2D eigenvalue weighted by Gasteiger charge is 2.38. The van der Waals surface area contributed by atoms with Crippen LogP contribution in [0.1, 0.15) is 68.7 Å². The molecule has 1 aromatic heterocycles. The number of nitrogens with two attached hydrogens (primary N) is 1. The summed E-state index contributed by atoms with van der Waals surface area (Å²) in [4.78, 5) is 44.6. The maximum Gasteiger partial charge on any atom is 0.341 e. The minimum atomic E-state index is -4.52. The van der Waals surface area contributed by atoms with Gasteiger partial charge in [-0.1, -0.05) is 12.8 Å². The van der Waals surface area contributed by atoms with Crippen LogP contribution in [-0.2, 0) is 27.7 Å². The van der Waals surface area contributed by atoms with Crippen molar-refractivity contribution in [2.75, 3.05) is 58.9 Å². The van der Waals surface area contributed by atoms with Crippen LogP contribution >= 0.6 is 0 Å². The third-order valence-electron chi connectivity index (χ3n) is 10.6. The molecule has 0 radical (unpaired) electrons.